The summed E-state index contributed by atoms with van der Waals surface area (Å²) in [6.45, 7) is 7.02. The van der Waals surface area contributed by atoms with Crippen LogP contribution in [0, 0.1) is 6.92 Å². The Balaban J connectivity index is 1.42. The van der Waals surface area contributed by atoms with Crippen LogP contribution in [0.4, 0.5) is 5.82 Å². The van der Waals surface area contributed by atoms with Gasteiger partial charge in [-0.15, -0.1) is 0 Å². The number of nitrogens with one attached hydrogen (secondary N) is 1. The van der Waals surface area contributed by atoms with E-state index in [2.05, 4.69) is 10.2 Å². The third-order valence-corrected chi connectivity index (χ3v) is 8.50. The number of rotatable bonds is 7. The number of hydrogen-bond acceptors (Lipinski definition) is 8. The Hall–Kier alpha value is -2.27. The third-order valence-electron chi connectivity index (χ3n) is 7.17. The molecule has 0 radical (unpaired) electrons. The first-order valence-corrected chi connectivity index (χ1v) is 14.1. The summed E-state index contributed by atoms with van der Waals surface area (Å²) in [6.07, 6.45) is 9.74. The minimum atomic E-state index is -0.192. The number of ether oxygens (including phenoxy) is 1. The van der Waals surface area contributed by atoms with Gasteiger partial charge in [-0.25, -0.2) is 4.98 Å². The Morgan fingerprint density at radius 3 is 2.78 bits per heavy atom. The van der Waals surface area contributed by atoms with Gasteiger partial charge in [0.15, 0.2) is 0 Å². The lowest BCUT2D eigenvalue weighted by atomic mass is 9.94. The number of hydrogen-bond donors (Lipinski definition) is 1. The van der Waals surface area contributed by atoms with Crippen molar-refractivity contribution in [2.45, 2.75) is 51.5 Å². The van der Waals surface area contributed by atoms with E-state index >= 15 is 0 Å². The van der Waals surface area contributed by atoms with Crippen molar-refractivity contribution in [3.8, 4) is 0 Å². The van der Waals surface area contributed by atoms with Crippen molar-refractivity contribution < 1.29 is 9.53 Å². The molecule has 8 nitrogen and oxygen atoms in total. The Labute approximate surface area is 221 Å². The minimum absolute atomic E-state index is 0.0936. The number of aryl methyl sites for hydroxylation is 1. The lowest BCUT2D eigenvalue weighted by molar-refractivity contribution is -0.124. The molecule has 2 aliphatic heterocycles. The van der Waals surface area contributed by atoms with E-state index in [1.54, 1.807) is 21.6 Å². The summed E-state index contributed by atoms with van der Waals surface area (Å²) in [6, 6.07) is 3.94. The van der Waals surface area contributed by atoms with Crippen molar-refractivity contribution in [3.05, 3.63) is 44.7 Å². The van der Waals surface area contributed by atoms with Gasteiger partial charge < -0.3 is 10.1 Å². The largest absolute Gasteiger partial charge is 0.379 e. The predicted octanol–water partition coefficient (Wildman–Crippen LogP) is 3.67. The molecule has 3 fully saturated rings. The monoisotopic (exact) mass is 527 g/mol. The quantitative estimate of drug-likeness (QED) is 0.332. The summed E-state index contributed by atoms with van der Waals surface area (Å²) in [7, 11) is 0. The van der Waals surface area contributed by atoms with Gasteiger partial charge in [-0.05, 0) is 50.4 Å². The second-order valence-corrected chi connectivity index (χ2v) is 11.3. The molecule has 192 valence electrons. The maximum atomic E-state index is 13.6. The van der Waals surface area contributed by atoms with Crippen LogP contribution in [0.2, 0.25) is 0 Å². The Bertz CT molecular complexity index is 1230. The van der Waals surface area contributed by atoms with Gasteiger partial charge in [-0.2, -0.15) is 0 Å². The molecule has 2 aromatic rings. The van der Waals surface area contributed by atoms with Crippen LogP contribution in [0.15, 0.2) is 28.0 Å². The van der Waals surface area contributed by atoms with E-state index in [1.165, 1.54) is 18.2 Å². The van der Waals surface area contributed by atoms with Crippen LogP contribution in [0.25, 0.3) is 11.7 Å². The zero-order valence-electron chi connectivity index (χ0n) is 20.7. The average molecular weight is 528 g/mol. The van der Waals surface area contributed by atoms with E-state index in [0.717, 1.165) is 70.5 Å². The summed E-state index contributed by atoms with van der Waals surface area (Å²) in [5, 5.41) is 3.39. The first-order valence-electron chi connectivity index (χ1n) is 12.9. The molecule has 1 aliphatic carbocycles. The molecule has 0 atom stereocenters. The molecule has 1 amide bonds. The Morgan fingerprint density at radius 1 is 1.22 bits per heavy atom. The number of aromatic nitrogens is 2. The maximum Gasteiger partial charge on any atom is 0.267 e. The first kappa shape index (κ1) is 25.4. The topological polar surface area (TPSA) is 79.2 Å². The van der Waals surface area contributed by atoms with Crippen molar-refractivity contribution in [2.24, 2.45) is 0 Å². The standard InChI is InChI=1S/C26H33N5O3S2/c1-18-7-5-12-30-23(18)28-22(27-10-6-11-29-13-15-34-16-14-29)20(24(30)32)17-21-25(33)31(26(35)36-21)19-8-3-2-4-9-19/h5,7,12,17,19,27H,2-4,6,8-11,13-16H2,1H3/b21-17+. The molecule has 2 aromatic heterocycles. The normalized spacial score (nSPS) is 21.1. The van der Waals surface area contributed by atoms with Crippen molar-refractivity contribution in [1.29, 1.82) is 0 Å². The number of nitrogens with zero attached hydrogens (tertiary/aromatic N) is 4. The molecule has 0 unspecified atom stereocenters. The second kappa shape index (κ2) is 11.4. The molecule has 1 saturated carbocycles. The molecule has 4 heterocycles. The molecule has 2 saturated heterocycles. The number of carbonyl (C=O) groups excluding carboxylic acids is 1. The number of carbonyl (C=O) groups is 1. The Kier molecular flexibility index (Phi) is 8.05. The highest BCUT2D eigenvalue weighted by atomic mass is 32.2. The van der Waals surface area contributed by atoms with Gasteiger partial charge in [0.2, 0.25) is 0 Å². The van der Waals surface area contributed by atoms with Crippen LogP contribution in [-0.2, 0) is 9.53 Å². The fourth-order valence-corrected chi connectivity index (χ4v) is 6.56. The first-order chi connectivity index (χ1) is 17.5. The van der Waals surface area contributed by atoms with E-state index in [0.29, 0.717) is 32.8 Å². The summed E-state index contributed by atoms with van der Waals surface area (Å²) in [5.41, 5.74) is 1.74. The third kappa shape index (κ3) is 5.37. The zero-order chi connectivity index (χ0) is 25.1. The van der Waals surface area contributed by atoms with Crippen molar-refractivity contribution >= 4 is 51.7 Å². The number of thiocarbonyl (C=S) groups is 1. The van der Waals surface area contributed by atoms with Gasteiger partial charge in [0.05, 0.1) is 23.7 Å². The molecule has 0 bridgehead atoms. The summed E-state index contributed by atoms with van der Waals surface area (Å²) >= 11 is 6.89. The van der Waals surface area contributed by atoms with Crippen molar-refractivity contribution in [3.63, 3.8) is 0 Å². The van der Waals surface area contributed by atoms with Crippen LogP contribution in [-0.4, -0.2) is 74.8 Å². The maximum absolute atomic E-state index is 13.6. The molecule has 0 spiro atoms. The molecule has 36 heavy (non-hydrogen) atoms. The number of morpholine rings is 1. The molecular weight excluding hydrogens is 494 g/mol. The van der Waals surface area contributed by atoms with Gasteiger partial charge in [-0.3, -0.25) is 23.8 Å². The van der Waals surface area contributed by atoms with Gasteiger partial charge in [0.25, 0.3) is 11.5 Å². The molecule has 3 aliphatic rings. The highest BCUT2D eigenvalue weighted by Gasteiger charge is 2.37. The predicted molar refractivity (Wildman–Crippen MR) is 148 cm³/mol. The van der Waals surface area contributed by atoms with Crippen molar-refractivity contribution in [1.82, 2.24) is 19.2 Å². The molecule has 0 aromatic carbocycles. The fraction of sp³-hybridized carbons (Fsp3) is 0.538. The van der Waals surface area contributed by atoms with E-state index in [-0.39, 0.29) is 17.5 Å². The van der Waals surface area contributed by atoms with Gasteiger partial charge >= 0.3 is 0 Å². The number of amides is 1. The number of fused-ring (bicyclic) bond motifs is 1. The summed E-state index contributed by atoms with van der Waals surface area (Å²) < 4.78 is 7.57. The number of thioether (sulfide) groups is 1. The minimum Gasteiger partial charge on any atom is -0.379 e. The lowest BCUT2D eigenvalue weighted by Gasteiger charge is -2.29. The number of anilines is 1. The van der Waals surface area contributed by atoms with Crippen LogP contribution >= 0.6 is 24.0 Å². The molecular formula is C26H33N5O3S2. The smallest absolute Gasteiger partial charge is 0.267 e. The van der Waals surface area contributed by atoms with Crippen molar-refractivity contribution in [2.75, 3.05) is 44.7 Å². The Morgan fingerprint density at radius 2 is 2.00 bits per heavy atom. The van der Waals surface area contributed by atoms with E-state index in [1.807, 2.05) is 19.1 Å². The fourth-order valence-electron chi connectivity index (χ4n) is 5.18. The molecule has 10 heteroatoms. The molecule has 5 rings (SSSR count). The highest BCUT2D eigenvalue weighted by molar-refractivity contribution is 8.26. The summed E-state index contributed by atoms with van der Waals surface area (Å²) in [5.74, 6) is 0.420. The molecule has 1 N–H and O–H groups in total. The van der Waals surface area contributed by atoms with E-state index < -0.39 is 0 Å². The second-order valence-electron chi connectivity index (χ2n) is 9.64. The van der Waals surface area contributed by atoms with Crippen LogP contribution in [0.1, 0.15) is 49.7 Å². The van der Waals surface area contributed by atoms with E-state index in [4.69, 9.17) is 21.9 Å². The highest BCUT2D eigenvalue weighted by Crippen LogP contribution is 2.37. The van der Waals surface area contributed by atoms with Gasteiger partial charge in [-0.1, -0.05) is 49.3 Å². The van der Waals surface area contributed by atoms with Crippen LogP contribution in [0.5, 0.6) is 0 Å². The van der Waals surface area contributed by atoms with Crippen LogP contribution < -0.4 is 10.9 Å². The average Bonchev–Trinajstić information content (AvgIpc) is 3.18. The van der Waals surface area contributed by atoms with Gasteiger partial charge in [0, 0.05) is 31.9 Å². The lowest BCUT2D eigenvalue weighted by Crippen LogP contribution is -2.39. The zero-order valence-corrected chi connectivity index (χ0v) is 22.3. The summed E-state index contributed by atoms with van der Waals surface area (Å²) in [4.78, 5) is 36.4. The SMILES string of the molecule is Cc1cccn2c(=O)c(/C=C3/SC(=S)N(C4CCCCC4)C3=O)c(NCCCN3CCOCC3)nc12. The van der Waals surface area contributed by atoms with Crippen LogP contribution in [0.3, 0.4) is 0 Å². The van der Waals surface area contributed by atoms with E-state index in [9.17, 15) is 9.59 Å². The number of pyridine rings is 1. The van der Waals surface area contributed by atoms with Gasteiger partial charge in [0.1, 0.15) is 15.8 Å².